The van der Waals surface area contributed by atoms with Gasteiger partial charge in [0.2, 0.25) is 0 Å². The summed E-state index contributed by atoms with van der Waals surface area (Å²) in [5, 5.41) is 0. The number of halogens is 15. The van der Waals surface area contributed by atoms with Gasteiger partial charge in [-0.05, 0) is 30.5 Å². The summed E-state index contributed by atoms with van der Waals surface area (Å²) in [5.41, 5.74) is 1.51. The van der Waals surface area contributed by atoms with E-state index in [1.165, 1.54) is 0 Å². The van der Waals surface area contributed by atoms with E-state index in [0.29, 0.717) is 30.4 Å². The molecule has 0 saturated carbocycles. The summed E-state index contributed by atoms with van der Waals surface area (Å²) < 4.78 is 174. The van der Waals surface area contributed by atoms with Crippen molar-refractivity contribution >= 4 is 34.9 Å². The van der Waals surface area contributed by atoms with E-state index in [2.05, 4.69) is 4.74 Å². The van der Waals surface area contributed by atoms with Crippen molar-refractivity contribution in [3.05, 3.63) is 29.8 Å². The number of aryl methyl sites for hydroxylation is 1. The number of alkyl halides is 15. The van der Waals surface area contributed by atoms with Gasteiger partial charge in [-0.15, -0.1) is 23.2 Å². The van der Waals surface area contributed by atoms with Crippen molar-refractivity contribution in [1.82, 2.24) is 0 Å². The molecule has 0 atom stereocenters. The molecular weight excluding hydrogens is 628 g/mol. The lowest BCUT2D eigenvalue weighted by Crippen LogP contribution is -2.70. The SMILES string of the molecule is O=C(CCCc1ccc(N(CCCl)CCCl)cc1)OCCC(F)(F)C(F)(F)C(F)(F)C(F)(F)C(F)(F)C(F)(F)F. The van der Waals surface area contributed by atoms with E-state index in [-0.39, 0.29) is 12.8 Å². The molecule has 0 N–H and O–H groups in total. The van der Waals surface area contributed by atoms with Gasteiger partial charge in [-0.3, -0.25) is 4.79 Å². The van der Waals surface area contributed by atoms with Crippen molar-refractivity contribution in [1.29, 1.82) is 0 Å². The molecule has 0 amide bonds. The molecule has 18 heteroatoms. The number of carbonyl (C=O) groups excluding carboxylic acids is 1. The Morgan fingerprint density at radius 3 is 1.65 bits per heavy atom. The summed E-state index contributed by atoms with van der Waals surface area (Å²) in [4.78, 5) is 13.6. The van der Waals surface area contributed by atoms with Gasteiger partial charge in [0, 0.05) is 37.0 Å². The molecule has 0 unspecified atom stereocenters. The largest absolute Gasteiger partial charge is 0.465 e. The monoisotopic (exact) mass is 649 g/mol. The van der Waals surface area contributed by atoms with E-state index in [1.807, 2.05) is 4.90 Å². The normalized spacial score (nSPS) is 13.9. The summed E-state index contributed by atoms with van der Waals surface area (Å²) in [6.07, 6.45) is -10.3. The number of esters is 1. The highest BCUT2D eigenvalue weighted by molar-refractivity contribution is 6.18. The first-order chi connectivity index (χ1) is 18.1. The average Bonchev–Trinajstić information content (AvgIpc) is 2.83. The van der Waals surface area contributed by atoms with E-state index in [1.54, 1.807) is 24.3 Å². The number of hydrogen-bond acceptors (Lipinski definition) is 3. The minimum atomic E-state index is -7.97. The minimum absolute atomic E-state index is 0.0363. The fourth-order valence-corrected chi connectivity index (χ4v) is 3.62. The van der Waals surface area contributed by atoms with Crippen LogP contribution in [0.3, 0.4) is 0 Å². The lowest BCUT2D eigenvalue weighted by molar-refractivity contribution is -0.440. The quantitative estimate of drug-likeness (QED) is 0.103. The molecule has 40 heavy (non-hydrogen) atoms. The highest BCUT2D eigenvalue weighted by Crippen LogP contribution is 2.60. The predicted molar refractivity (Wildman–Crippen MR) is 119 cm³/mol. The third-order valence-corrected chi connectivity index (χ3v) is 5.87. The van der Waals surface area contributed by atoms with Crippen LogP contribution >= 0.6 is 23.2 Å². The van der Waals surface area contributed by atoms with Crippen LogP contribution in [0.25, 0.3) is 0 Å². The van der Waals surface area contributed by atoms with Gasteiger partial charge in [-0.1, -0.05) is 12.1 Å². The van der Waals surface area contributed by atoms with Crippen LogP contribution in [0.15, 0.2) is 24.3 Å². The lowest BCUT2D eigenvalue weighted by Gasteiger charge is -2.39. The summed E-state index contributed by atoms with van der Waals surface area (Å²) in [6.45, 7) is -0.723. The Bertz CT molecular complexity index is 951. The zero-order valence-electron chi connectivity index (χ0n) is 20.1. The van der Waals surface area contributed by atoms with Gasteiger partial charge in [-0.25, -0.2) is 0 Å². The molecule has 0 spiro atoms. The minimum Gasteiger partial charge on any atom is -0.465 e. The Balaban J connectivity index is 2.71. The number of benzene rings is 1. The zero-order chi connectivity index (χ0) is 31.2. The first kappa shape index (κ1) is 36.2. The van der Waals surface area contributed by atoms with Crippen LogP contribution in [0.5, 0.6) is 0 Å². The van der Waals surface area contributed by atoms with Crippen LogP contribution in [0.1, 0.15) is 24.8 Å². The Labute approximate surface area is 229 Å². The smallest absolute Gasteiger partial charge is 0.460 e. The maximum absolute atomic E-state index is 13.7. The van der Waals surface area contributed by atoms with Crippen LogP contribution in [0.4, 0.5) is 62.8 Å². The summed E-state index contributed by atoms with van der Waals surface area (Å²) in [5.74, 6) is -37.9. The van der Waals surface area contributed by atoms with Crippen molar-refractivity contribution in [2.75, 3.05) is 36.4 Å². The Morgan fingerprint density at radius 1 is 0.725 bits per heavy atom. The molecule has 1 aromatic rings. The standard InChI is InChI=1S/C22H22Cl2F13NO2/c23-9-11-38(12-10-24)15-6-4-14(5-7-15)2-1-3-16(39)40-13-8-17(25,26)18(27,28)19(29,30)20(31,32)21(33,34)22(35,36)37/h4-7H,1-3,8-13H2. The maximum atomic E-state index is 13.7. The molecule has 1 rings (SSSR count). The van der Waals surface area contributed by atoms with Gasteiger partial charge in [0.15, 0.2) is 0 Å². The maximum Gasteiger partial charge on any atom is 0.460 e. The van der Waals surface area contributed by atoms with Crippen molar-refractivity contribution in [2.45, 2.75) is 61.5 Å². The predicted octanol–water partition coefficient (Wildman–Crippen LogP) is 7.97. The number of rotatable bonds is 16. The van der Waals surface area contributed by atoms with Crippen molar-refractivity contribution in [3.63, 3.8) is 0 Å². The third kappa shape index (κ3) is 7.71. The summed E-state index contributed by atoms with van der Waals surface area (Å²) in [6, 6.07) is 6.85. The third-order valence-electron chi connectivity index (χ3n) is 5.53. The fraction of sp³-hybridized carbons (Fsp3) is 0.682. The Kier molecular flexibility index (Phi) is 12.1. The van der Waals surface area contributed by atoms with Gasteiger partial charge in [0.25, 0.3) is 0 Å². The highest BCUT2D eigenvalue weighted by atomic mass is 35.5. The van der Waals surface area contributed by atoms with Gasteiger partial charge in [0.05, 0.1) is 13.0 Å². The molecule has 3 nitrogen and oxygen atoms in total. The van der Waals surface area contributed by atoms with Crippen molar-refractivity contribution in [3.8, 4) is 0 Å². The van der Waals surface area contributed by atoms with Gasteiger partial charge < -0.3 is 9.64 Å². The molecular formula is C22H22Cl2F13NO2. The van der Waals surface area contributed by atoms with Crippen LogP contribution < -0.4 is 4.90 Å². The van der Waals surface area contributed by atoms with E-state index in [0.717, 1.165) is 5.69 Å². The highest BCUT2D eigenvalue weighted by Gasteiger charge is 2.90. The van der Waals surface area contributed by atoms with Gasteiger partial charge in [-0.2, -0.15) is 57.1 Å². The molecule has 0 aliphatic heterocycles. The second-order valence-electron chi connectivity index (χ2n) is 8.36. The summed E-state index contributed by atoms with van der Waals surface area (Å²) >= 11 is 11.5. The van der Waals surface area contributed by atoms with Crippen LogP contribution in [-0.2, 0) is 16.0 Å². The average molecular weight is 650 g/mol. The first-order valence-corrected chi connectivity index (χ1v) is 12.2. The number of hydrogen-bond donors (Lipinski definition) is 0. The fourth-order valence-electron chi connectivity index (χ4n) is 3.21. The Morgan fingerprint density at radius 2 is 1.20 bits per heavy atom. The first-order valence-electron chi connectivity index (χ1n) is 11.2. The zero-order valence-corrected chi connectivity index (χ0v) is 21.6. The molecule has 0 fully saturated rings. The molecule has 232 valence electrons. The van der Waals surface area contributed by atoms with Gasteiger partial charge in [0.1, 0.15) is 0 Å². The molecule has 0 heterocycles. The number of carbonyl (C=O) groups is 1. The molecule has 0 aliphatic carbocycles. The van der Waals surface area contributed by atoms with Crippen molar-refractivity contribution < 1.29 is 66.6 Å². The van der Waals surface area contributed by atoms with E-state index < -0.39 is 61.2 Å². The van der Waals surface area contributed by atoms with Crippen LogP contribution in [0, 0.1) is 0 Å². The molecule has 1 aromatic carbocycles. The van der Waals surface area contributed by atoms with E-state index >= 15 is 0 Å². The Hall–Kier alpha value is -1.84. The topological polar surface area (TPSA) is 29.5 Å². The molecule has 0 radical (unpaired) electrons. The number of anilines is 1. The van der Waals surface area contributed by atoms with Crippen LogP contribution in [0.2, 0.25) is 0 Å². The molecule has 0 saturated heterocycles. The summed E-state index contributed by atoms with van der Waals surface area (Å²) in [7, 11) is 0. The molecule has 0 bridgehead atoms. The number of nitrogens with zero attached hydrogens (tertiary/aromatic N) is 1. The van der Waals surface area contributed by atoms with Gasteiger partial charge >= 0.3 is 41.8 Å². The number of ether oxygens (including phenoxy) is 1. The van der Waals surface area contributed by atoms with Crippen LogP contribution in [-0.4, -0.2) is 73.2 Å². The molecule has 0 aromatic heterocycles. The second-order valence-corrected chi connectivity index (χ2v) is 9.11. The lowest BCUT2D eigenvalue weighted by atomic mass is 9.93. The van der Waals surface area contributed by atoms with E-state index in [4.69, 9.17) is 23.2 Å². The molecule has 0 aliphatic rings. The second kappa shape index (κ2) is 13.4. The van der Waals surface area contributed by atoms with Crippen molar-refractivity contribution in [2.24, 2.45) is 0 Å². The van der Waals surface area contributed by atoms with E-state index in [9.17, 15) is 61.9 Å².